The van der Waals surface area contributed by atoms with Crippen molar-refractivity contribution in [3.05, 3.63) is 29.8 Å². The number of nitrogens with two attached hydrogens (primary N) is 1. The maximum absolute atomic E-state index is 12.1. The first kappa shape index (κ1) is 16.3. The van der Waals surface area contributed by atoms with Crippen LogP contribution >= 0.6 is 0 Å². The third-order valence-corrected chi connectivity index (χ3v) is 3.66. The second-order valence-corrected chi connectivity index (χ2v) is 6.82. The Balaban J connectivity index is 1.96. The summed E-state index contributed by atoms with van der Waals surface area (Å²) in [7, 11) is 0. The summed E-state index contributed by atoms with van der Waals surface area (Å²) in [6, 6.07) is 7.33. The Morgan fingerprint density at radius 1 is 1.23 bits per heavy atom. The Kier molecular flexibility index (Phi) is 4.42. The van der Waals surface area contributed by atoms with Crippen LogP contribution in [0.25, 0.3) is 0 Å². The molecule has 4 N–H and O–H groups in total. The largest absolute Gasteiger partial charge is 0.376 e. The molecule has 1 aromatic carbocycles. The number of amides is 3. The fraction of sp³-hybridized carbons (Fsp3) is 0.500. The van der Waals surface area contributed by atoms with Crippen molar-refractivity contribution in [3.8, 4) is 0 Å². The molecule has 1 aromatic rings. The third kappa shape index (κ3) is 3.98. The molecule has 3 amide bonds. The summed E-state index contributed by atoms with van der Waals surface area (Å²) in [4.78, 5) is 23.1. The number of ether oxygens (including phenoxy) is 1. The van der Waals surface area contributed by atoms with Gasteiger partial charge in [0, 0.05) is 5.69 Å². The van der Waals surface area contributed by atoms with Gasteiger partial charge in [0.2, 0.25) is 5.91 Å². The van der Waals surface area contributed by atoms with Gasteiger partial charge in [0.1, 0.15) is 0 Å². The molecular weight excluding hydrogens is 282 g/mol. The van der Waals surface area contributed by atoms with Crippen molar-refractivity contribution in [1.29, 1.82) is 0 Å². The minimum Gasteiger partial charge on any atom is -0.376 e. The summed E-state index contributed by atoms with van der Waals surface area (Å²) in [5, 5.41) is 5.54. The van der Waals surface area contributed by atoms with Gasteiger partial charge in [0.25, 0.3) is 0 Å². The number of carbonyl (C=O) groups is 2. The molecule has 0 radical (unpaired) electrons. The van der Waals surface area contributed by atoms with Gasteiger partial charge >= 0.3 is 6.03 Å². The van der Waals surface area contributed by atoms with E-state index in [2.05, 4.69) is 31.4 Å². The Bertz CT molecular complexity index is 557. The van der Waals surface area contributed by atoms with Crippen molar-refractivity contribution >= 4 is 17.6 Å². The van der Waals surface area contributed by atoms with Gasteiger partial charge in [-0.1, -0.05) is 32.9 Å². The topological polar surface area (TPSA) is 93.5 Å². The average Bonchev–Trinajstić information content (AvgIpc) is 2.35. The number of carbonyl (C=O) groups excluding carboxylic acids is 2. The van der Waals surface area contributed by atoms with Gasteiger partial charge in [-0.3, -0.25) is 4.79 Å². The lowest BCUT2D eigenvalue weighted by Gasteiger charge is -2.41. The highest BCUT2D eigenvalue weighted by molar-refractivity contribution is 5.90. The van der Waals surface area contributed by atoms with Crippen LogP contribution in [0.5, 0.6) is 0 Å². The Morgan fingerprint density at radius 2 is 1.82 bits per heavy atom. The third-order valence-electron chi connectivity index (χ3n) is 3.66. The molecule has 0 atom stereocenters. The number of hydrogen-bond acceptors (Lipinski definition) is 3. The molecule has 0 spiro atoms. The molecule has 1 aliphatic rings. The fourth-order valence-electron chi connectivity index (χ4n) is 2.36. The average molecular weight is 305 g/mol. The molecule has 0 aromatic heterocycles. The van der Waals surface area contributed by atoms with Gasteiger partial charge < -0.3 is 21.1 Å². The standard InChI is InChI=1S/C16H23N3O3/c1-15(2,3)11-4-6-12(7-5-11)18-14(21)19-16(8-13(17)20)9-22-10-16/h4-7H,8-10H2,1-3H3,(H2,17,20)(H2,18,19,21). The minimum atomic E-state index is -0.679. The highest BCUT2D eigenvalue weighted by Gasteiger charge is 2.41. The molecule has 1 fully saturated rings. The predicted molar refractivity (Wildman–Crippen MR) is 84.7 cm³/mol. The molecule has 0 saturated carbocycles. The number of benzene rings is 1. The minimum absolute atomic E-state index is 0.0651. The zero-order valence-corrected chi connectivity index (χ0v) is 13.2. The summed E-state index contributed by atoms with van der Waals surface area (Å²) in [5.74, 6) is -0.460. The first-order chi connectivity index (χ1) is 10.2. The summed E-state index contributed by atoms with van der Waals surface area (Å²) in [6.45, 7) is 6.99. The highest BCUT2D eigenvalue weighted by atomic mass is 16.5. The van der Waals surface area contributed by atoms with Gasteiger partial charge in [-0.15, -0.1) is 0 Å². The predicted octanol–water partition coefficient (Wildman–Crippen LogP) is 1.75. The normalized spacial score (nSPS) is 16.5. The van der Waals surface area contributed by atoms with E-state index in [1.54, 1.807) is 0 Å². The monoisotopic (exact) mass is 305 g/mol. The Morgan fingerprint density at radius 3 is 2.23 bits per heavy atom. The van der Waals surface area contributed by atoms with Crippen LogP contribution in [0.2, 0.25) is 0 Å². The van der Waals surface area contributed by atoms with E-state index < -0.39 is 11.4 Å². The van der Waals surface area contributed by atoms with Gasteiger partial charge in [0.15, 0.2) is 0 Å². The van der Waals surface area contributed by atoms with E-state index in [1.807, 2.05) is 24.3 Å². The first-order valence-corrected chi connectivity index (χ1v) is 7.26. The first-order valence-electron chi connectivity index (χ1n) is 7.26. The molecule has 0 bridgehead atoms. The molecule has 22 heavy (non-hydrogen) atoms. The quantitative estimate of drug-likeness (QED) is 0.791. The van der Waals surface area contributed by atoms with Crippen molar-refractivity contribution in [1.82, 2.24) is 5.32 Å². The van der Waals surface area contributed by atoms with Crippen LogP contribution in [-0.4, -0.2) is 30.7 Å². The van der Waals surface area contributed by atoms with Crippen molar-refractivity contribution in [2.24, 2.45) is 5.73 Å². The lowest BCUT2D eigenvalue weighted by Crippen LogP contribution is -2.64. The van der Waals surface area contributed by atoms with Gasteiger partial charge in [-0.05, 0) is 23.1 Å². The summed E-state index contributed by atoms with van der Waals surface area (Å²) in [5.41, 5.74) is 6.48. The van der Waals surface area contributed by atoms with Gasteiger partial charge in [-0.2, -0.15) is 0 Å². The van der Waals surface area contributed by atoms with E-state index >= 15 is 0 Å². The van der Waals surface area contributed by atoms with E-state index in [1.165, 1.54) is 5.56 Å². The smallest absolute Gasteiger partial charge is 0.319 e. The van der Waals surface area contributed by atoms with Crippen molar-refractivity contribution < 1.29 is 14.3 Å². The van der Waals surface area contributed by atoms with E-state index in [0.29, 0.717) is 18.9 Å². The van der Waals surface area contributed by atoms with Crippen LogP contribution in [0.3, 0.4) is 0 Å². The second kappa shape index (κ2) is 5.96. The maximum Gasteiger partial charge on any atom is 0.319 e. The molecule has 1 heterocycles. The molecule has 1 saturated heterocycles. The number of urea groups is 1. The second-order valence-electron chi connectivity index (χ2n) is 6.82. The molecule has 120 valence electrons. The van der Waals surface area contributed by atoms with Crippen LogP contribution in [0.15, 0.2) is 24.3 Å². The fourth-order valence-corrected chi connectivity index (χ4v) is 2.36. The van der Waals surface area contributed by atoms with E-state index in [-0.39, 0.29) is 17.9 Å². The number of rotatable bonds is 4. The van der Waals surface area contributed by atoms with Crippen molar-refractivity contribution in [2.75, 3.05) is 18.5 Å². The van der Waals surface area contributed by atoms with Crippen molar-refractivity contribution in [3.63, 3.8) is 0 Å². The van der Waals surface area contributed by atoms with E-state index in [0.717, 1.165) is 0 Å². The number of nitrogens with one attached hydrogen (secondary N) is 2. The molecule has 0 aliphatic carbocycles. The van der Waals surface area contributed by atoms with Crippen LogP contribution in [0.4, 0.5) is 10.5 Å². The van der Waals surface area contributed by atoms with Crippen LogP contribution < -0.4 is 16.4 Å². The van der Waals surface area contributed by atoms with E-state index in [9.17, 15) is 9.59 Å². The SMILES string of the molecule is CC(C)(C)c1ccc(NC(=O)NC2(CC(N)=O)COC2)cc1. The van der Waals surface area contributed by atoms with Crippen LogP contribution in [-0.2, 0) is 14.9 Å². The lowest BCUT2D eigenvalue weighted by molar-refractivity contribution is -0.127. The molecule has 6 heteroatoms. The molecule has 6 nitrogen and oxygen atoms in total. The van der Waals surface area contributed by atoms with Gasteiger partial charge in [0.05, 0.1) is 25.2 Å². The zero-order valence-electron chi connectivity index (χ0n) is 13.2. The zero-order chi connectivity index (χ0) is 16.4. The molecule has 2 rings (SSSR count). The van der Waals surface area contributed by atoms with Crippen LogP contribution in [0.1, 0.15) is 32.8 Å². The summed E-state index contributed by atoms with van der Waals surface area (Å²) < 4.78 is 5.09. The molecule has 1 aliphatic heterocycles. The number of hydrogen-bond donors (Lipinski definition) is 3. The highest BCUT2D eigenvalue weighted by Crippen LogP contribution is 2.24. The molecule has 0 unspecified atom stereocenters. The van der Waals surface area contributed by atoms with Crippen LogP contribution in [0, 0.1) is 0 Å². The van der Waals surface area contributed by atoms with E-state index in [4.69, 9.17) is 10.5 Å². The summed E-state index contributed by atoms with van der Waals surface area (Å²) in [6.07, 6.45) is 0.0728. The Labute approximate surface area is 130 Å². The Hall–Kier alpha value is -2.08. The lowest BCUT2D eigenvalue weighted by atomic mass is 9.87. The van der Waals surface area contributed by atoms with Crippen molar-refractivity contribution in [2.45, 2.75) is 38.1 Å². The maximum atomic E-state index is 12.1. The molecular formula is C16H23N3O3. The summed E-state index contributed by atoms with van der Waals surface area (Å²) >= 11 is 0. The number of anilines is 1. The number of primary amides is 1. The van der Waals surface area contributed by atoms with Gasteiger partial charge in [-0.25, -0.2) is 4.79 Å².